The number of fused-ring (bicyclic) bond motifs is 1. The molecule has 16 heavy (non-hydrogen) atoms. The first-order valence-corrected chi connectivity index (χ1v) is 5.85. The highest BCUT2D eigenvalue weighted by Gasteiger charge is 2.29. The van der Waals surface area contributed by atoms with Crippen molar-refractivity contribution in [3.05, 3.63) is 30.1 Å². The summed E-state index contributed by atoms with van der Waals surface area (Å²) in [6.07, 6.45) is 3.83. The van der Waals surface area contributed by atoms with Crippen molar-refractivity contribution in [2.24, 2.45) is 0 Å². The summed E-state index contributed by atoms with van der Waals surface area (Å²) in [7, 11) is 0. The quantitative estimate of drug-likeness (QED) is 0.794. The van der Waals surface area contributed by atoms with E-state index < -0.39 is 0 Å². The number of halogens is 1. The second-order valence-corrected chi connectivity index (χ2v) is 4.38. The van der Waals surface area contributed by atoms with Gasteiger partial charge >= 0.3 is 0 Å². The lowest BCUT2D eigenvalue weighted by atomic mass is 10.3. The van der Waals surface area contributed by atoms with Crippen LogP contribution < -0.4 is 0 Å². The Hall–Kier alpha value is -1.02. The first kappa shape index (κ1) is 11.5. The minimum atomic E-state index is 0. The fourth-order valence-corrected chi connectivity index (χ4v) is 2.21. The SMILES string of the molecule is CCCn1c(C2CC2)nc2ccccc21.Cl. The Morgan fingerprint density at radius 2 is 2.06 bits per heavy atom. The molecule has 2 aromatic rings. The van der Waals surface area contributed by atoms with Crippen molar-refractivity contribution in [3.8, 4) is 0 Å². The van der Waals surface area contributed by atoms with Crippen LogP contribution in [0.3, 0.4) is 0 Å². The van der Waals surface area contributed by atoms with Crippen molar-refractivity contribution in [1.82, 2.24) is 9.55 Å². The molecule has 0 aliphatic heterocycles. The van der Waals surface area contributed by atoms with Gasteiger partial charge < -0.3 is 4.57 Å². The molecule has 1 aliphatic carbocycles. The van der Waals surface area contributed by atoms with Gasteiger partial charge in [0.15, 0.2) is 0 Å². The summed E-state index contributed by atoms with van der Waals surface area (Å²) in [5, 5.41) is 0. The number of benzene rings is 1. The predicted octanol–water partition coefficient (Wildman–Crippen LogP) is 3.75. The molecule has 3 rings (SSSR count). The van der Waals surface area contributed by atoms with Gasteiger partial charge in [0.2, 0.25) is 0 Å². The summed E-state index contributed by atoms with van der Waals surface area (Å²) in [4.78, 5) is 4.76. The number of para-hydroxylation sites is 2. The van der Waals surface area contributed by atoms with E-state index in [0.717, 1.165) is 18.0 Å². The maximum atomic E-state index is 4.76. The second kappa shape index (κ2) is 4.46. The van der Waals surface area contributed by atoms with Gasteiger partial charge in [-0.15, -0.1) is 12.4 Å². The number of aryl methyl sites for hydroxylation is 1. The van der Waals surface area contributed by atoms with Gasteiger partial charge in [0.05, 0.1) is 11.0 Å². The molecule has 3 heteroatoms. The Labute approximate surface area is 102 Å². The zero-order valence-electron chi connectivity index (χ0n) is 9.52. The van der Waals surface area contributed by atoms with E-state index in [9.17, 15) is 0 Å². The molecule has 1 aromatic heterocycles. The third-order valence-corrected chi connectivity index (χ3v) is 3.07. The van der Waals surface area contributed by atoms with Gasteiger partial charge in [-0.1, -0.05) is 19.1 Å². The highest BCUT2D eigenvalue weighted by Crippen LogP contribution is 2.40. The Kier molecular flexibility index (Phi) is 3.20. The Balaban J connectivity index is 0.000000963. The molecule has 1 saturated carbocycles. The largest absolute Gasteiger partial charge is 0.328 e. The number of rotatable bonds is 3. The maximum absolute atomic E-state index is 4.76. The smallest absolute Gasteiger partial charge is 0.112 e. The van der Waals surface area contributed by atoms with Crippen LogP contribution in [0.15, 0.2) is 24.3 Å². The van der Waals surface area contributed by atoms with E-state index in [1.165, 1.54) is 30.6 Å². The van der Waals surface area contributed by atoms with Crippen LogP contribution in [0.25, 0.3) is 11.0 Å². The number of aromatic nitrogens is 2. The lowest BCUT2D eigenvalue weighted by molar-refractivity contribution is 0.656. The van der Waals surface area contributed by atoms with E-state index in [4.69, 9.17) is 4.98 Å². The zero-order valence-corrected chi connectivity index (χ0v) is 10.3. The molecule has 0 saturated heterocycles. The van der Waals surface area contributed by atoms with Crippen LogP contribution >= 0.6 is 12.4 Å². The van der Waals surface area contributed by atoms with Crippen LogP contribution in [0.4, 0.5) is 0 Å². The first-order chi connectivity index (χ1) is 7.40. The number of hydrogen-bond acceptors (Lipinski definition) is 1. The van der Waals surface area contributed by atoms with Crippen molar-refractivity contribution in [3.63, 3.8) is 0 Å². The van der Waals surface area contributed by atoms with E-state index >= 15 is 0 Å². The van der Waals surface area contributed by atoms with Gasteiger partial charge in [0.25, 0.3) is 0 Å². The summed E-state index contributed by atoms with van der Waals surface area (Å²) in [5.74, 6) is 2.06. The average Bonchev–Trinajstić information content (AvgIpc) is 3.04. The first-order valence-electron chi connectivity index (χ1n) is 5.85. The fraction of sp³-hybridized carbons (Fsp3) is 0.462. The van der Waals surface area contributed by atoms with Crippen LogP contribution in [0.2, 0.25) is 0 Å². The van der Waals surface area contributed by atoms with Gasteiger partial charge in [0.1, 0.15) is 5.82 Å². The molecule has 0 amide bonds. The van der Waals surface area contributed by atoms with E-state index in [1.54, 1.807) is 0 Å². The van der Waals surface area contributed by atoms with Crippen molar-refractivity contribution < 1.29 is 0 Å². The Morgan fingerprint density at radius 1 is 1.31 bits per heavy atom. The molecule has 86 valence electrons. The van der Waals surface area contributed by atoms with Gasteiger partial charge in [-0.3, -0.25) is 0 Å². The topological polar surface area (TPSA) is 17.8 Å². The predicted molar refractivity (Wildman–Crippen MR) is 69.2 cm³/mol. The van der Waals surface area contributed by atoms with E-state index in [1.807, 2.05) is 0 Å². The van der Waals surface area contributed by atoms with Gasteiger partial charge in [-0.2, -0.15) is 0 Å². The van der Waals surface area contributed by atoms with Crippen LogP contribution in [0.1, 0.15) is 37.9 Å². The normalized spacial score (nSPS) is 15.1. The second-order valence-electron chi connectivity index (χ2n) is 4.38. The van der Waals surface area contributed by atoms with E-state index in [2.05, 4.69) is 35.8 Å². The van der Waals surface area contributed by atoms with Crippen LogP contribution in [-0.2, 0) is 6.54 Å². The van der Waals surface area contributed by atoms with Gasteiger partial charge in [-0.25, -0.2) is 4.98 Å². The molecule has 0 bridgehead atoms. The third kappa shape index (κ3) is 1.82. The molecule has 2 nitrogen and oxygen atoms in total. The summed E-state index contributed by atoms with van der Waals surface area (Å²) in [5.41, 5.74) is 2.47. The fourth-order valence-electron chi connectivity index (χ4n) is 2.21. The van der Waals surface area contributed by atoms with E-state index in [0.29, 0.717) is 0 Å². The highest BCUT2D eigenvalue weighted by atomic mass is 35.5. The number of hydrogen-bond donors (Lipinski definition) is 0. The van der Waals surface area contributed by atoms with Gasteiger partial charge in [-0.05, 0) is 31.4 Å². The Morgan fingerprint density at radius 3 is 2.75 bits per heavy atom. The maximum Gasteiger partial charge on any atom is 0.112 e. The molecular formula is C13H17ClN2. The summed E-state index contributed by atoms with van der Waals surface area (Å²) in [6, 6.07) is 8.48. The summed E-state index contributed by atoms with van der Waals surface area (Å²) < 4.78 is 2.41. The minimum absolute atomic E-state index is 0. The molecule has 1 heterocycles. The monoisotopic (exact) mass is 236 g/mol. The van der Waals surface area contributed by atoms with Crippen molar-refractivity contribution in [1.29, 1.82) is 0 Å². The molecule has 0 N–H and O–H groups in total. The number of nitrogens with zero attached hydrogens (tertiary/aromatic N) is 2. The lowest BCUT2D eigenvalue weighted by Gasteiger charge is -2.05. The third-order valence-electron chi connectivity index (χ3n) is 3.07. The molecule has 1 aliphatic rings. The van der Waals surface area contributed by atoms with Crippen molar-refractivity contribution in [2.75, 3.05) is 0 Å². The average molecular weight is 237 g/mol. The van der Waals surface area contributed by atoms with Crippen molar-refractivity contribution >= 4 is 23.4 Å². The zero-order chi connectivity index (χ0) is 10.3. The lowest BCUT2D eigenvalue weighted by Crippen LogP contribution is -2.01. The molecule has 0 unspecified atom stereocenters. The van der Waals surface area contributed by atoms with Crippen LogP contribution in [0.5, 0.6) is 0 Å². The standard InChI is InChI=1S/C13H16N2.ClH/c1-2-9-15-12-6-4-3-5-11(12)14-13(15)10-7-8-10;/h3-6,10H,2,7-9H2,1H3;1H. The van der Waals surface area contributed by atoms with Crippen molar-refractivity contribution in [2.45, 2.75) is 38.6 Å². The molecule has 1 fully saturated rings. The molecule has 1 aromatic carbocycles. The highest BCUT2D eigenvalue weighted by molar-refractivity contribution is 5.85. The van der Waals surface area contributed by atoms with Crippen LogP contribution in [-0.4, -0.2) is 9.55 Å². The molecule has 0 spiro atoms. The van der Waals surface area contributed by atoms with Gasteiger partial charge in [0, 0.05) is 12.5 Å². The summed E-state index contributed by atoms with van der Waals surface area (Å²) >= 11 is 0. The van der Waals surface area contributed by atoms with E-state index in [-0.39, 0.29) is 12.4 Å². The Bertz CT molecular complexity index is 486. The summed E-state index contributed by atoms with van der Waals surface area (Å²) in [6.45, 7) is 3.33. The minimum Gasteiger partial charge on any atom is -0.328 e. The molecule has 0 atom stereocenters. The molecule has 0 radical (unpaired) electrons. The number of imidazole rings is 1. The molecular weight excluding hydrogens is 220 g/mol. The van der Waals surface area contributed by atoms with Crippen LogP contribution in [0, 0.1) is 0 Å².